The Morgan fingerprint density at radius 2 is 2.33 bits per heavy atom. The van der Waals surface area contributed by atoms with Gasteiger partial charge in [-0.3, -0.25) is 14.5 Å². The van der Waals surface area contributed by atoms with Crippen LogP contribution in [-0.4, -0.2) is 51.4 Å². The van der Waals surface area contributed by atoms with Gasteiger partial charge in [0.2, 0.25) is 5.91 Å². The molecule has 0 aromatic carbocycles. The zero-order valence-corrected chi connectivity index (χ0v) is 15.6. The SMILES string of the molecule is O=C(CCc1cc2n(n1)CCNC2)N(Cc1ccccn1)C[C@H]1CCCO1. The molecule has 7 heteroatoms. The Kier molecular flexibility index (Phi) is 5.79. The van der Waals surface area contributed by atoms with Crippen LogP contribution in [0.1, 0.15) is 36.3 Å². The maximum Gasteiger partial charge on any atom is 0.223 e. The lowest BCUT2D eigenvalue weighted by Gasteiger charge is -2.25. The van der Waals surface area contributed by atoms with Crippen molar-refractivity contribution in [2.75, 3.05) is 19.7 Å². The van der Waals surface area contributed by atoms with Gasteiger partial charge in [0.15, 0.2) is 0 Å². The van der Waals surface area contributed by atoms with E-state index in [0.717, 1.165) is 50.5 Å². The minimum atomic E-state index is 0.139. The van der Waals surface area contributed by atoms with Crippen LogP contribution in [0.4, 0.5) is 0 Å². The molecule has 0 aliphatic carbocycles. The third-order valence-corrected chi connectivity index (χ3v) is 5.20. The molecule has 0 bridgehead atoms. The van der Waals surface area contributed by atoms with Crippen LogP contribution >= 0.6 is 0 Å². The molecule has 0 spiro atoms. The number of aromatic nitrogens is 3. The summed E-state index contributed by atoms with van der Waals surface area (Å²) in [7, 11) is 0. The fourth-order valence-corrected chi connectivity index (χ4v) is 3.74. The van der Waals surface area contributed by atoms with Gasteiger partial charge in [0.05, 0.1) is 36.3 Å². The van der Waals surface area contributed by atoms with Crippen LogP contribution in [0.5, 0.6) is 0 Å². The number of nitrogens with zero attached hydrogens (tertiary/aromatic N) is 4. The second-order valence-corrected chi connectivity index (χ2v) is 7.26. The standard InChI is InChI=1S/C20H27N5O2/c26-20(7-6-16-12-18-13-21-9-10-25(18)23-16)24(15-19-5-3-11-27-19)14-17-4-1-2-8-22-17/h1-2,4,8,12,19,21H,3,5-7,9-11,13-15H2/t19-/m1/s1. The van der Waals surface area contributed by atoms with Gasteiger partial charge in [-0.15, -0.1) is 0 Å². The van der Waals surface area contributed by atoms with E-state index < -0.39 is 0 Å². The number of rotatable bonds is 7. The van der Waals surface area contributed by atoms with E-state index in [1.807, 2.05) is 27.8 Å². The van der Waals surface area contributed by atoms with Gasteiger partial charge in [-0.2, -0.15) is 5.10 Å². The van der Waals surface area contributed by atoms with E-state index in [1.54, 1.807) is 6.20 Å². The van der Waals surface area contributed by atoms with Crippen LogP contribution in [0.3, 0.4) is 0 Å². The molecule has 2 aliphatic heterocycles. The lowest BCUT2D eigenvalue weighted by Crippen LogP contribution is -2.37. The molecule has 4 heterocycles. The van der Waals surface area contributed by atoms with Gasteiger partial charge in [-0.05, 0) is 31.0 Å². The second-order valence-electron chi connectivity index (χ2n) is 7.26. The Morgan fingerprint density at radius 1 is 1.37 bits per heavy atom. The highest BCUT2D eigenvalue weighted by Gasteiger charge is 2.23. The van der Waals surface area contributed by atoms with Gasteiger partial charge in [-0.25, -0.2) is 0 Å². The predicted octanol–water partition coefficient (Wildman–Crippen LogP) is 1.52. The summed E-state index contributed by atoms with van der Waals surface area (Å²) >= 11 is 0. The molecule has 0 unspecified atom stereocenters. The molecule has 0 saturated carbocycles. The van der Waals surface area contributed by atoms with Crippen molar-refractivity contribution in [2.45, 2.75) is 51.4 Å². The number of amides is 1. The van der Waals surface area contributed by atoms with Crippen molar-refractivity contribution in [3.05, 3.63) is 47.5 Å². The van der Waals surface area contributed by atoms with Gasteiger partial charge >= 0.3 is 0 Å². The summed E-state index contributed by atoms with van der Waals surface area (Å²) in [6.45, 7) is 4.67. The van der Waals surface area contributed by atoms with Crippen molar-refractivity contribution in [3.63, 3.8) is 0 Å². The first-order valence-electron chi connectivity index (χ1n) is 9.83. The molecule has 1 fully saturated rings. The minimum absolute atomic E-state index is 0.139. The first-order valence-corrected chi connectivity index (χ1v) is 9.83. The monoisotopic (exact) mass is 369 g/mol. The first-order chi connectivity index (χ1) is 13.3. The van der Waals surface area contributed by atoms with Crippen LogP contribution in [0.15, 0.2) is 30.5 Å². The van der Waals surface area contributed by atoms with Gasteiger partial charge in [-0.1, -0.05) is 6.07 Å². The average Bonchev–Trinajstić information content (AvgIpc) is 3.35. The Hall–Kier alpha value is -2.25. The first kappa shape index (κ1) is 18.1. The number of pyridine rings is 1. The van der Waals surface area contributed by atoms with E-state index in [9.17, 15) is 4.79 Å². The van der Waals surface area contributed by atoms with E-state index in [0.29, 0.717) is 25.9 Å². The molecule has 1 N–H and O–H groups in total. The molecule has 2 aromatic heterocycles. The van der Waals surface area contributed by atoms with E-state index in [4.69, 9.17) is 4.74 Å². The highest BCUT2D eigenvalue weighted by atomic mass is 16.5. The number of aryl methyl sites for hydroxylation is 1. The summed E-state index contributed by atoms with van der Waals surface area (Å²) < 4.78 is 7.80. The van der Waals surface area contributed by atoms with E-state index in [1.165, 1.54) is 5.69 Å². The van der Waals surface area contributed by atoms with Crippen LogP contribution in [0.2, 0.25) is 0 Å². The maximum absolute atomic E-state index is 12.9. The highest BCUT2D eigenvalue weighted by Crippen LogP contribution is 2.16. The van der Waals surface area contributed by atoms with Crippen molar-refractivity contribution < 1.29 is 9.53 Å². The molecular weight excluding hydrogens is 342 g/mol. The van der Waals surface area contributed by atoms with Gasteiger partial charge < -0.3 is 15.0 Å². The lowest BCUT2D eigenvalue weighted by atomic mass is 10.1. The fourth-order valence-electron chi connectivity index (χ4n) is 3.74. The Labute approximate surface area is 159 Å². The normalized spacial score (nSPS) is 19.0. The number of nitrogens with one attached hydrogen (secondary N) is 1. The summed E-state index contributed by atoms with van der Waals surface area (Å²) in [4.78, 5) is 19.2. The zero-order valence-electron chi connectivity index (χ0n) is 15.6. The van der Waals surface area contributed by atoms with E-state index >= 15 is 0 Å². The molecule has 1 amide bonds. The summed E-state index contributed by atoms with van der Waals surface area (Å²) in [6, 6.07) is 7.93. The molecule has 7 nitrogen and oxygen atoms in total. The number of fused-ring (bicyclic) bond motifs is 1. The van der Waals surface area contributed by atoms with Crippen molar-refractivity contribution in [1.82, 2.24) is 25.0 Å². The van der Waals surface area contributed by atoms with E-state index in [2.05, 4.69) is 21.5 Å². The number of hydrogen-bond donors (Lipinski definition) is 1. The van der Waals surface area contributed by atoms with Crippen LogP contribution in [0.25, 0.3) is 0 Å². The summed E-state index contributed by atoms with van der Waals surface area (Å²) in [5, 5.41) is 7.99. The van der Waals surface area contributed by atoms with Gasteiger partial charge in [0.25, 0.3) is 0 Å². The molecule has 2 aliphatic rings. The van der Waals surface area contributed by atoms with Crippen molar-refractivity contribution in [3.8, 4) is 0 Å². The van der Waals surface area contributed by atoms with Crippen molar-refractivity contribution in [1.29, 1.82) is 0 Å². The molecule has 4 rings (SSSR count). The topological polar surface area (TPSA) is 72.3 Å². The second kappa shape index (κ2) is 8.63. The Balaban J connectivity index is 1.38. The number of ether oxygens (including phenoxy) is 1. The number of hydrogen-bond acceptors (Lipinski definition) is 5. The predicted molar refractivity (Wildman–Crippen MR) is 101 cm³/mol. The third-order valence-electron chi connectivity index (χ3n) is 5.20. The van der Waals surface area contributed by atoms with Crippen LogP contribution in [0, 0.1) is 0 Å². The van der Waals surface area contributed by atoms with Crippen molar-refractivity contribution >= 4 is 5.91 Å². The molecular formula is C20H27N5O2. The van der Waals surface area contributed by atoms with Gasteiger partial charge in [0.1, 0.15) is 0 Å². The van der Waals surface area contributed by atoms with Crippen molar-refractivity contribution in [2.24, 2.45) is 0 Å². The number of carbonyl (C=O) groups is 1. The zero-order chi connectivity index (χ0) is 18.5. The maximum atomic E-state index is 12.9. The fraction of sp³-hybridized carbons (Fsp3) is 0.550. The molecule has 1 atom stereocenters. The Morgan fingerprint density at radius 3 is 3.11 bits per heavy atom. The molecule has 144 valence electrons. The summed E-state index contributed by atoms with van der Waals surface area (Å²) in [5.74, 6) is 0.139. The Bertz CT molecular complexity index is 731. The smallest absolute Gasteiger partial charge is 0.223 e. The lowest BCUT2D eigenvalue weighted by molar-refractivity contribution is -0.133. The third kappa shape index (κ3) is 4.73. The number of carbonyl (C=O) groups excluding carboxylic acids is 1. The van der Waals surface area contributed by atoms with Crippen LogP contribution < -0.4 is 5.32 Å². The highest BCUT2D eigenvalue weighted by molar-refractivity contribution is 5.76. The van der Waals surface area contributed by atoms with Gasteiger partial charge in [0, 0.05) is 45.3 Å². The molecule has 2 aromatic rings. The van der Waals surface area contributed by atoms with Crippen LogP contribution in [-0.2, 0) is 35.6 Å². The molecule has 0 radical (unpaired) electrons. The largest absolute Gasteiger partial charge is 0.376 e. The molecule has 27 heavy (non-hydrogen) atoms. The minimum Gasteiger partial charge on any atom is -0.376 e. The summed E-state index contributed by atoms with van der Waals surface area (Å²) in [5.41, 5.74) is 3.11. The quantitative estimate of drug-likeness (QED) is 0.801. The average molecular weight is 369 g/mol. The molecule has 1 saturated heterocycles. The van der Waals surface area contributed by atoms with E-state index in [-0.39, 0.29) is 12.0 Å². The summed E-state index contributed by atoms with van der Waals surface area (Å²) in [6.07, 6.45) is 5.14.